The van der Waals surface area contributed by atoms with E-state index < -0.39 is 0 Å². The number of carbonyl (C=O) groups is 1. The van der Waals surface area contributed by atoms with Crippen LogP contribution in [0.5, 0.6) is 0 Å². The molecule has 8 heteroatoms. The quantitative estimate of drug-likeness (QED) is 0.248. The molecule has 0 saturated heterocycles. The number of nitrogens with two attached hydrogens (primary N) is 1. The van der Waals surface area contributed by atoms with Gasteiger partial charge in [-0.25, -0.2) is 4.98 Å². The van der Waals surface area contributed by atoms with E-state index in [1.165, 1.54) is 0 Å². The first kappa shape index (κ1) is 23.6. The summed E-state index contributed by atoms with van der Waals surface area (Å²) in [6, 6.07) is 32.8. The van der Waals surface area contributed by atoms with Crippen molar-refractivity contribution in [1.82, 2.24) is 14.6 Å². The Morgan fingerprint density at radius 1 is 0.850 bits per heavy atom. The Morgan fingerprint density at radius 3 is 2.45 bits per heavy atom. The lowest BCUT2D eigenvalue weighted by Gasteiger charge is -2.24. The Morgan fingerprint density at radius 2 is 1.62 bits per heavy atom. The molecular formula is C32H24N6O2. The number of rotatable bonds is 6. The second kappa shape index (κ2) is 9.68. The van der Waals surface area contributed by atoms with E-state index in [-0.39, 0.29) is 5.91 Å². The number of carbonyl (C=O) groups excluding carboxylic acids is 1. The number of para-hydroxylation sites is 2. The van der Waals surface area contributed by atoms with Gasteiger partial charge >= 0.3 is 0 Å². The van der Waals surface area contributed by atoms with E-state index in [0.717, 1.165) is 44.4 Å². The fourth-order valence-electron chi connectivity index (χ4n) is 4.95. The van der Waals surface area contributed by atoms with E-state index in [4.69, 9.17) is 15.1 Å². The van der Waals surface area contributed by atoms with Crippen LogP contribution in [0, 0.1) is 0 Å². The smallest absolute Gasteiger partial charge is 0.255 e. The highest BCUT2D eigenvalue weighted by atomic mass is 16.3. The number of anilines is 4. The Balaban J connectivity index is 1.32. The molecule has 0 aliphatic carbocycles. The number of nitrogens with one attached hydrogen (secondary N) is 1. The number of fused-ring (bicyclic) bond motifs is 4. The van der Waals surface area contributed by atoms with E-state index in [9.17, 15) is 4.79 Å². The third-order valence-electron chi connectivity index (χ3n) is 6.96. The third kappa shape index (κ3) is 4.03. The number of amides is 1. The molecule has 3 N–H and O–H groups in total. The van der Waals surface area contributed by atoms with Crippen LogP contribution in [0.4, 0.5) is 23.0 Å². The average molecular weight is 525 g/mol. The lowest BCUT2D eigenvalue weighted by molar-refractivity contribution is 0.102. The van der Waals surface area contributed by atoms with Crippen LogP contribution < -0.4 is 16.0 Å². The van der Waals surface area contributed by atoms with E-state index in [0.29, 0.717) is 23.7 Å². The van der Waals surface area contributed by atoms with Crippen molar-refractivity contribution in [3.05, 3.63) is 127 Å². The highest BCUT2D eigenvalue weighted by Gasteiger charge is 2.22. The molecule has 0 bridgehead atoms. The second-order valence-electron chi connectivity index (χ2n) is 9.40. The Kier molecular flexibility index (Phi) is 5.72. The van der Waals surface area contributed by atoms with Crippen molar-refractivity contribution in [2.75, 3.05) is 10.2 Å². The van der Waals surface area contributed by atoms with Crippen LogP contribution in [-0.2, 0) is 6.54 Å². The highest BCUT2D eigenvalue weighted by molar-refractivity contribution is 6.10. The molecule has 3 aromatic heterocycles. The standard InChI is InChI=1S/C32H24N6O2/c33-20-21-8-10-22(11-9-21)31(39)36-23-12-14-24(15-13-23)37(32-34-18-16-25-17-19-35-38(25)32)28-6-3-5-27-26-4-1-2-7-29(26)40-30(27)28/h1-19H,20,33H2,(H,36,39). The number of nitrogens with zero attached hydrogens (tertiary/aromatic N) is 4. The highest BCUT2D eigenvalue weighted by Crippen LogP contribution is 2.41. The maximum Gasteiger partial charge on any atom is 0.255 e. The van der Waals surface area contributed by atoms with Crippen molar-refractivity contribution in [3.63, 3.8) is 0 Å². The Hall–Kier alpha value is -5.47. The topological polar surface area (TPSA) is 102 Å². The maximum absolute atomic E-state index is 12.8. The van der Waals surface area contributed by atoms with Crippen LogP contribution in [0.15, 0.2) is 120 Å². The first-order chi connectivity index (χ1) is 19.7. The lowest BCUT2D eigenvalue weighted by Crippen LogP contribution is -2.16. The van der Waals surface area contributed by atoms with E-state index >= 15 is 0 Å². The van der Waals surface area contributed by atoms with Gasteiger partial charge in [0.15, 0.2) is 5.58 Å². The number of furan rings is 1. The van der Waals surface area contributed by atoms with Gasteiger partial charge in [0.2, 0.25) is 5.95 Å². The molecule has 0 unspecified atom stereocenters. The van der Waals surface area contributed by atoms with E-state index in [1.54, 1.807) is 29.0 Å². The summed E-state index contributed by atoms with van der Waals surface area (Å²) in [6.07, 6.45) is 3.52. The predicted molar refractivity (Wildman–Crippen MR) is 157 cm³/mol. The summed E-state index contributed by atoms with van der Waals surface area (Å²) in [5.74, 6) is 0.412. The van der Waals surface area contributed by atoms with Crippen molar-refractivity contribution in [2.45, 2.75) is 6.54 Å². The molecular weight excluding hydrogens is 500 g/mol. The monoisotopic (exact) mass is 524 g/mol. The molecule has 4 aromatic carbocycles. The van der Waals surface area contributed by atoms with Crippen molar-refractivity contribution in [1.29, 1.82) is 0 Å². The van der Waals surface area contributed by atoms with Gasteiger partial charge in [0.25, 0.3) is 5.91 Å². The van der Waals surface area contributed by atoms with E-state index in [1.807, 2.05) is 83.8 Å². The van der Waals surface area contributed by atoms with Gasteiger partial charge in [-0.15, -0.1) is 0 Å². The molecule has 0 spiro atoms. The van der Waals surface area contributed by atoms with Crippen LogP contribution in [-0.4, -0.2) is 20.5 Å². The number of hydrogen-bond acceptors (Lipinski definition) is 6. The van der Waals surface area contributed by atoms with Gasteiger partial charge in [0.1, 0.15) is 5.58 Å². The zero-order valence-electron chi connectivity index (χ0n) is 21.4. The third-order valence-corrected chi connectivity index (χ3v) is 6.96. The average Bonchev–Trinajstić information content (AvgIpc) is 3.64. The van der Waals surface area contributed by atoms with Gasteiger partial charge in [0, 0.05) is 40.5 Å². The van der Waals surface area contributed by atoms with Crippen LogP contribution in [0.25, 0.3) is 27.5 Å². The van der Waals surface area contributed by atoms with Gasteiger partial charge in [-0.3, -0.25) is 9.69 Å². The van der Waals surface area contributed by atoms with Crippen LogP contribution >= 0.6 is 0 Å². The van der Waals surface area contributed by atoms with Crippen molar-refractivity contribution >= 4 is 56.4 Å². The molecule has 8 nitrogen and oxygen atoms in total. The largest absolute Gasteiger partial charge is 0.454 e. The van der Waals surface area contributed by atoms with Crippen molar-refractivity contribution in [3.8, 4) is 0 Å². The first-order valence-electron chi connectivity index (χ1n) is 12.9. The van der Waals surface area contributed by atoms with Gasteiger partial charge < -0.3 is 15.5 Å². The van der Waals surface area contributed by atoms with Gasteiger partial charge in [-0.1, -0.05) is 42.5 Å². The first-order valence-corrected chi connectivity index (χ1v) is 12.9. The summed E-state index contributed by atoms with van der Waals surface area (Å²) in [4.78, 5) is 19.6. The Labute approximate surface area is 229 Å². The van der Waals surface area contributed by atoms with Gasteiger partial charge in [-0.2, -0.15) is 9.61 Å². The molecule has 7 aromatic rings. The molecule has 0 atom stereocenters. The number of hydrogen-bond donors (Lipinski definition) is 2. The van der Waals surface area contributed by atoms with Crippen LogP contribution in [0.1, 0.15) is 15.9 Å². The molecule has 40 heavy (non-hydrogen) atoms. The molecule has 194 valence electrons. The van der Waals surface area contributed by atoms with Crippen LogP contribution in [0.3, 0.4) is 0 Å². The fraction of sp³-hybridized carbons (Fsp3) is 0.0312. The molecule has 0 aliphatic heterocycles. The summed E-state index contributed by atoms with van der Waals surface area (Å²) in [5, 5.41) is 9.56. The lowest BCUT2D eigenvalue weighted by atomic mass is 10.1. The zero-order valence-corrected chi connectivity index (χ0v) is 21.4. The minimum absolute atomic E-state index is 0.191. The number of benzene rings is 4. The molecule has 0 fully saturated rings. The molecule has 0 saturated carbocycles. The normalized spacial score (nSPS) is 11.3. The Bertz CT molecular complexity index is 1990. The van der Waals surface area contributed by atoms with Gasteiger partial charge in [-0.05, 0) is 66.2 Å². The summed E-state index contributed by atoms with van der Waals surface area (Å²) in [5.41, 5.74) is 12.0. The van der Waals surface area contributed by atoms with E-state index in [2.05, 4.69) is 22.5 Å². The molecule has 7 rings (SSSR count). The summed E-state index contributed by atoms with van der Waals surface area (Å²) >= 11 is 0. The zero-order chi connectivity index (χ0) is 27.1. The van der Waals surface area contributed by atoms with Gasteiger partial charge in [0.05, 0.1) is 17.4 Å². The molecule has 1 amide bonds. The van der Waals surface area contributed by atoms with Crippen molar-refractivity contribution < 1.29 is 9.21 Å². The fourth-order valence-corrected chi connectivity index (χ4v) is 4.95. The predicted octanol–water partition coefficient (Wildman–Crippen LogP) is 6.81. The maximum atomic E-state index is 12.8. The molecule has 0 radical (unpaired) electrons. The summed E-state index contributed by atoms with van der Waals surface area (Å²) in [6.45, 7) is 0.433. The minimum Gasteiger partial charge on any atom is -0.454 e. The van der Waals surface area contributed by atoms with Crippen LogP contribution in [0.2, 0.25) is 0 Å². The van der Waals surface area contributed by atoms with Crippen molar-refractivity contribution in [2.24, 2.45) is 5.73 Å². The summed E-state index contributed by atoms with van der Waals surface area (Å²) in [7, 11) is 0. The molecule has 3 heterocycles. The second-order valence-corrected chi connectivity index (χ2v) is 9.40. The minimum atomic E-state index is -0.191. The summed E-state index contributed by atoms with van der Waals surface area (Å²) < 4.78 is 8.17. The number of aromatic nitrogens is 3. The molecule has 0 aliphatic rings. The SMILES string of the molecule is NCc1ccc(C(=O)Nc2ccc(N(c3cccc4c3oc3ccccc34)c3nccc4ccnn34)cc2)cc1.